The van der Waals surface area contributed by atoms with E-state index in [1.54, 1.807) is 24.3 Å². The minimum atomic E-state index is -0.433. The average Bonchev–Trinajstić information content (AvgIpc) is 2.31. The maximum atomic E-state index is 12.0. The van der Waals surface area contributed by atoms with Crippen LogP contribution in [-0.4, -0.2) is 17.4 Å². The van der Waals surface area contributed by atoms with E-state index in [1.165, 1.54) is 0 Å². The number of phenols is 1. The molecule has 0 heterocycles. The summed E-state index contributed by atoms with van der Waals surface area (Å²) < 4.78 is 0. The van der Waals surface area contributed by atoms with E-state index in [1.807, 2.05) is 13.8 Å². The third kappa shape index (κ3) is 2.83. The summed E-state index contributed by atoms with van der Waals surface area (Å²) in [7, 11) is 0. The molecule has 0 spiro atoms. The Hall–Kier alpha value is -1.35. The minimum absolute atomic E-state index is 0.156. The van der Waals surface area contributed by atoms with E-state index in [9.17, 15) is 4.79 Å². The van der Waals surface area contributed by atoms with Gasteiger partial charge in [0.2, 0.25) is 0 Å². The van der Waals surface area contributed by atoms with Gasteiger partial charge in [-0.1, -0.05) is 26.0 Å². The summed E-state index contributed by atoms with van der Waals surface area (Å²) in [6.07, 6.45) is 1.13. The van der Waals surface area contributed by atoms with Crippen molar-refractivity contribution >= 4 is 5.78 Å². The second-order valence-electron chi connectivity index (χ2n) is 4.38. The number of carbonyl (C=O) groups is 1. The molecule has 0 saturated heterocycles. The number of nitrogens with two attached hydrogens (primary N) is 1. The highest BCUT2D eigenvalue weighted by Crippen LogP contribution is 2.23. The summed E-state index contributed by atoms with van der Waals surface area (Å²) in [6.45, 7) is 4.25. The molecule has 0 aliphatic carbocycles. The molecule has 0 bridgehead atoms. The van der Waals surface area contributed by atoms with Crippen LogP contribution in [0.3, 0.4) is 0 Å². The SMILES string of the molecule is CCC(C)(CN)C(=O)Cc1ccc(O)cc1. The van der Waals surface area contributed by atoms with E-state index in [4.69, 9.17) is 10.8 Å². The van der Waals surface area contributed by atoms with Crippen molar-refractivity contribution in [1.29, 1.82) is 0 Å². The van der Waals surface area contributed by atoms with E-state index in [2.05, 4.69) is 0 Å². The molecular formula is C13H19NO2. The van der Waals surface area contributed by atoms with Crippen molar-refractivity contribution in [3.05, 3.63) is 29.8 Å². The van der Waals surface area contributed by atoms with Crippen LogP contribution in [0.2, 0.25) is 0 Å². The fraction of sp³-hybridized carbons (Fsp3) is 0.462. The first-order valence-corrected chi connectivity index (χ1v) is 5.53. The number of carbonyl (C=O) groups excluding carboxylic acids is 1. The number of hydrogen-bond donors (Lipinski definition) is 2. The summed E-state index contributed by atoms with van der Waals surface area (Å²) in [5, 5.41) is 9.14. The van der Waals surface area contributed by atoms with Gasteiger partial charge in [0.25, 0.3) is 0 Å². The largest absolute Gasteiger partial charge is 0.508 e. The summed E-state index contributed by atoms with van der Waals surface area (Å²) in [5.74, 6) is 0.372. The molecule has 3 nitrogen and oxygen atoms in total. The fourth-order valence-corrected chi connectivity index (χ4v) is 1.47. The van der Waals surface area contributed by atoms with Crippen LogP contribution in [0.4, 0.5) is 0 Å². The molecule has 0 saturated carbocycles. The molecule has 0 aliphatic heterocycles. The summed E-state index contributed by atoms with van der Waals surface area (Å²) in [4.78, 5) is 12.0. The van der Waals surface area contributed by atoms with Gasteiger partial charge in [-0.2, -0.15) is 0 Å². The monoisotopic (exact) mass is 221 g/mol. The van der Waals surface area contributed by atoms with Gasteiger partial charge in [-0.25, -0.2) is 0 Å². The zero-order valence-electron chi connectivity index (χ0n) is 9.86. The molecule has 16 heavy (non-hydrogen) atoms. The lowest BCUT2D eigenvalue weighted by Gasteiger charge is -2.24. The van der Waals surface area contributed by atoms with Crippen molar-refractivity contribution in [3.8, 4) is 5.75 Å². The molecule has 0 aromatic heterocycles. The maximum absolute atomic E-state index is 12.0. The predicted octanol–water partition coefficient (Wildman–Crippen LogP) is 1.88. The lowest BCUT2D eigenvalue weighted by molar-refractivity contribution is -0.126. The zero-order valence-corrected chi connectivity index (χ0v) is 9.86. The van der Waals surface area contributed by atoms with Gasteiger partial charge in [-0.05, 0) is 24.1 Å². The molecule has 0 amide bonds. The van der Waals surface area contributed by atoms with Crippen LogP contribution in [-0.2, 0) is 11.2 Å². The van der Waals surface area contributed by atoms with Crippen LogP contribution in [0.1, 0.15) is 25.8 Å². The first-order chi connectivity index (χ1) is 7.51. The molecule has 0 radical (unpaired) electrons. The standard InChI is InChI=1S/C13H19NO2/c1-3-13(2,9-14)12(16)8-10-4-6-11(15)7-5-10/h4-7,15H,3,8-9,14H2,1-2H3. The van der Waals surface area contributed by atoms with Crippen LogP contribution >= 0.6 is 0 Å². The van der Waals surface area contributed by atoms with Gasteiger partial charge < -0.3 is 10.8 Å². The van der Waals surface area contributed by atoms with Crippen LogP contribution in [0, 0.1) is 5.41 Å². The van der Waals surface area contributed by atoms with E-state index < -0.39 is 5.41 Å². The molecule has 88 valence electrons. The lowest BCUT2D eigenvalue weighted by atomic mass is 9.80. The van der Waals surface area contributed by atoms with Crippen molar-refractivity contribution in [1.82, 2.24) is 0 Å². The highest BCUT2D eigenvalue weighted by Gasteiger charge is 2.28. The Balaban J connectivity index is 2.74. The van der Waals surface area contributed by atoms with Crippen molar-refractivity contribution in [2.45, 2.75) is 26.7 Å². The van der Waals surface area contributed by atoms with E-state index >= 15 is 0 Å². The Morgan fingerprint density at radius 3 is 2.38 bits per heavy atom. The highest BCUT2D eigenvalue weighted by atomic mass is 16.3. The fourth-order valence-electron chi connectivity index (χ4n) is 1.47. The Labute approximate surface area is 96.3 Å². The molecule has 1 aromatic carbocycles. The third-order valence-electron chi connectivity index (χ3n) is 3.21. The van der Waals surface area contributed by atoms with Gasteiger partial charge >= 0.3 is 0 Å². The number of benzene rings is 1. The molecule has 1 unspecified atom stereocenters. The zero-order chi connectivity index (χ0) is 12.2. The number of phenolic OH excluding ortho intramolecular Hbond substituents is 1. The minimum Gasteiger partial charge on any atom is -0.508 e. The molecule has 0 fully saturated rings. The lowest BCUT2D eigenvalue weighted by Crippen LogP contribution is -2.36. The molecule has 1 rings (SSSR count). The van der Waals surface area contributed by atoms with Crippen molar-refractivity contribution in [2.24, 2.45) is 11.1 Å². The maximum Gasteiger partial charge on any atom is 0.144 e. The van der Waals surface area contributed by atoms with Crippen molar-refractivity contribution < 1.29 is 9.90 Å². The number of rotatable bonds is 5. The van der Waals surface area contributed by atoms with Crippen molar-refractivity contribution in [3.63, 3.8) is 0 Å². The van der Waals surface area contributed by atoms with Crippen LogP contribution in [0.25, 0.3) is 0 Å². The van der Waals surface area contributed by atoms with Gasteiger partial charge in [-0.15, -0.1) is 0 Å². The smallest absolute Gasteiger partial charge is 0.144 e. The first kappa shape index (κ1) is 12.7. The average molecular weight is 221 g/mol. The summed E-state index contributed by atoms with van der Waals surface area (Å²) >= 11 is 0. The first-order valence-electron chi connectivity index (χ1n) is 5.53. The summed E-state index contributed by atoms with van der Waals surface area (Å²) in [6, 6.07) is 6.71. The van der Waals surface area contributed by atoms with E-state index in [-0.39, 0.29) is 11.5 Å². The normalized spacial score (nSPS) is 14.4. The molecule has 0 aliphatic rings. The molecule has 3 N–H and O–H groups in total. The van der Waals surface area contributed by atoms with Gasteiger partial charge in [0.05, 0.1) is 0 Å². The van der Waals surface area contributed by atoms with Gasteiger partial charge in [0, 0.05) is 18.4 Å². The molecular weight excluding hydrogens is 202 g/mol. The second-order valence-corrected chi connectivity index (χ2v) is 4.38. The number of Topliss-reactive ketones (excluding diaryl/α,β-unsaturated/α-hetero) is 1. The second kappa shape index (κ2) is 5.12. The molecule has 1 aromatic rings. The third-order valence-corrected chi connectivity index (χ3v) is 3.21. The van der Waals surface area contributed by atoms with Gasteiger partial charge in [-0.3, -0.25) is 4.79 Å². The van der Waals surface area contributed by atoms with Crippen LogP contribution < -0.4 is 5.73 Å². The Kier molecular flexibility index (Phi) is 4.07. The van der Waals surface area contributed by atoms with Crippen molar-refractivity contribution in [2.75, 3.05) is 6.54 Å². The van der Waals surface area contributed by atoms with E-state index in [0.29, 0.717) is 13.0 Å². The number of hydrogen-bond acceptors (Lipinski definition) is 3. The van der Waals surface area contributed by atoms with Crippen LogP contribution in [0.15, 0.2) is 24.3 Å². The Bertz CT molecular complexity index is 353. The molecule has 3 heteroatoms. The number of ketones is 1. The van der Waals surface area contributed by atoms with Gasteiger partial charge in [0.15, 0.2) is 0 Å². The number of aromatic hydroxyl groups is 1. The predicted molar refractivity (Wildman–Crippen MR) is 64.3 cm³/mol. The van der Waals surface area contributed by atoms with Gasteiger partial charge in [0.1, 0.15) is 11.5 Å². The Morgan fingerprint density at radius 1 is 1.38 bits per heavy atom. The Morgan fingerprint density at radius 2 is 1.94 bits per heavy atom. The van der Waals surface area contributed by atoms with E-state index in [0.717, 1.165) is 12.0 Å². The quantitative estimate of drug-likeness (QED) is 0.798. The highest BCUT2D eigenvalue weighted by molar-refractivity contribution is 5.86. The topological polar surface area (TPSA) is 63.3 Å². The molecule has 1 atom stereocenters. The van der Waals surface area contributed by atoms with Crippen LogP contribution in [0.5, 0.6) is 5.75 Å². The summed E-state index contributed by atoms with van der Waals surface area (Å²) in [5.41, 5.74) is 6.12.